The van der Waals surface area contributed by atoms with Gasteiger partial charge in [-0.05, 0) is 24.0 Å². The number of aliphatic carboxylic acids is 1. The molecular weight excluding hydrogens is 384 g/mol. The molecule has 3 heterocycles. The summed E-state index contributed by atoms with van der Waals surface area (Å²) in [5.41, 5.74) is 0.869. The number of carbonyl (C=O) groups is 3. The van der Waals surface area contributed by atoms with Crippen molar-refractivity contribution in [2.75, 3.05) is 12.4 Å². The molecular formula is C19H19N2O6S-. The van der Waals surface area contributed by atoms with Crippen molar-refractivity contribution in [3.05, 3.63) is 47.2 Å². The average Bonchev–Trinajstić information content (AvgIpc) is 3.20. The van der Waals surface area contributed by atoms with Crippen LogP contribution < -0.4 is 10.4 Å². The largest absolute Gasteiger partial charge is 0.543 e. The predicted molar refractivity (Wildman–Crippen MR) is 96.7 cm³/mol. The smallest absolute Gasteiger partial charge is 0.253 e. The van der Waals surface area contributed by atoms with Crippen LogP contribution in [0.4, 0.5) is 0 Å². The van der Waals surface area contributed by atoms with E-state index in [0.717, 1.165) is 16.9 Å². The van der Waals surface area contributed by atoms with Gasteiger partial charge in [0.15, 0.2) is 0 Å². The highest BCUT2D eigenvalue weighted by atomic mass is 32.2. The van der Waals surface area contributed by atoms with Crippen molar-refractivity contribution >= 4 is 28.6 Å². The van der Waals surface area contributed by atoms with Crippen molar-refractivity contribution in [1.82, 2.24) is 10.2 Å². The first-order valence-corrected chi connectivity index (χ1v) is 10.4. The van der Waals surface area contributed by atoms with Gasteiger partial charge in [0.1, 0.15) is 11.4 Å². The molecule has 1 N–H and O–H groups in total. The highest BCUT2D eigenvalue weighted by Gasteiger charge is 2.56. The second kappa shape index (κ2) is 7.48. The summed E-state index contributed by atoms with van der Waals surface area (Å²) in [6.45, 7) is 0.497. The summed E-state index contributed by atoms with van der Waals surface area (Å²) in [7, 11) is -1.54. The number of rotatable bonds is 5. The van der Waals surface area contributed by atoms with Crippen molar-refractivity contribution in [1.29, 1.82) is 0 Å². The lowest BCUT2D eigenvalue weighted by atomic mass is 9.99. The summed E-state index contributed by atoms with van der Waals surface area (Å²) in [5, 5.41) is 13.4. The van der Waals surface area contributed by atoms with Crippen LogP contribution in [0.5, 0.6) is 0 Å². The number of fused-ring (bicyclic) bond motifs is 1. The molecule has 9 heteroatoms. The number of carboxylic acids is 1. The maximum atomic E-state index is 12.7. The molecule has 1 aromatic carbocycles. The molecule has 2 saturated heterocycles. The van der Waals surface area contributed by atoms with Crippen LogP contribution in [0.3, 0.4) is 0 Å². The summed E-state index contributed by atoms with van der Waals surface area (Å²) < 4.78 is 18.3. The Balaban J connectivity index is 1.53. The maximum Gasteiger partial charge on any atom is 0.253 e. The quantitative estimate of drug-likeness (QED) is 0.620. The van der Waals surface area contributed by atoms with Gasteiger partial charge >= 0.3 is 0 Å². The fourth-order valence-corrected chi connectivity index (χ4v) is 5.63. The van der Waals surface area contributed by atoms with Crippen molar-refractivity contribution in [2.45, 2.75) is 36.8 Å². The van der Waals surface area contributed by atoms with Gasteiger partial charge in [-0.3, -0.25) is 18.7 Å². The van der Waals surface area contributed by atoms with E-state index in [0.29, 0.717) is 18.6 Å². The van der Waals surface area contributed by atoms with E-state index in [4.69, 9.17) is 4.74 Å². The monoisotopic (exact) mass is 403 g/mol. The number of carboxylic acid groups (broad SMARTS) is 1. The Hall–Kier alpha value is -2.52. The Morgan fingerprint density at radius 3 is 2.68 bits per heavy atom. The Morgan fingerprint density at radius 1 is 1.29 bits per heavy atom. The third kappa shape index (κ3) is 3.24. The van der Waals surface area contributed by atoms with Crippen LogP contribution in [-0.4, -0.2) is 56.8 Å². The number of ether oxygens (including phenoxy) is 1. The lowest BCUT2D eigenvalue weighted by molar-refractivity contribution is -0.301. The van der Waals surface area contributed by atoms with Gasteiger partial charge in [0.2, 0.25) is 5.91 Å². The third-order valence-corrected chi connectivity index (χ3v) is 6.81. The van der Waals surface area contributed by atoms with Gasteiger partial charge in [0.25, 0.3) is 5.91 Å². The van der Waals surface area contributed by atoms with E-state index in [1.54, 1.807) is 24.3 Å². The first-order chi connectivity index (χ1) is 13.5. The van der Waals surface area contributed by atoms with Gasteiger partial charge in [-0.15, -0.1) is 0 Å². The number of β-lactam (4-membered cyclic amide) rings is 1. The van der Waals surface area contributed by atoms with Gasteiger partial charge in [-0.25, -0.2) is 0 Å². The van der Waals surface area contributed by atoms with Gasteiger partial charge in [0.05, 0.1) is 40.7 Å². The molecule has 2 unspecified atom stereocenters. The zero-order chi connectivity index (χ0) is 19.8. The normalized spacial score (nSPS) is 29.3. The van der Waals surface area contributed by atoms with E-state index in [1.165, 1.54) is 0 Å². The standard InChI is InChI=1S/C19H20N2O6S/c22-14(9-11-5-2-1-3-6-11)20-15-17(23)21-16(19(24)25)12(10-28(26)18(15)21)13-7-4-8-27-13/h1-3,5-6,13,15,18H,4,7-10H2,(H,20,22)(H,24,25)/p-1/t13?,15-,18-,28?/m1/s1. The van der Waals surface area contributed by atoms with Crippen molar-refractivity contribution < 1.29 is 28.4 Å². The highest BCUT2D eigenvalue weighted by molar-refractivity contribution is 7.86. The van der Waals surface area contributed by atoms with Gasteiger partial charge in [-0.1, -0.05) is 30.3 Å². The molecule has 0 aromatic heterocycles. The van der Waals surface area contributed by atoms with E-state index in [9.17, 15) is 23.7 Å². The summed E-state index contributed by atoms with van der Waals surface area (Å²) in [6, 6.07) is 8.02. The number of nitrogens with one attached hydrogen (secondary N) is 1. The molecule has 0 bridgehead atoms. The van der Waals surface area contributed by atoms with Crippen molar-refractivity contribution in [3.8, 4) is 0 Å². The zero-order valence-electron chi connectivity index (χ0n) is 15.0. The Bertz CT molecular complexity index is 878. The summed E-state index contributed by atoms with van der Waals surface area (Å²) in [4.78, 5) is 37.6. The fourth-order valence-electron chi connectivity index (χ4n) is 3.90. The van der Waals surface area contributed by atoms with E-state index in [2.05, 4.69) is 5.32 Å². The molecule has 3 aliphatic heterocycles. The van der Waals surface area contributed by atoms with Crippen LogP contribution in [0.2, 0.25) is 0 Å². The molecule has 0 spiro atoms. The van der Waals surface area contributed by atoms with E-state index in [1.807, 2.05) is 6.07 Å². The highest BCUT2D eigenvalue weighted by Crippen LogP contribution is 2.37. The van der Waals surface area contributed by atoms with Crippen LogP contribution >= 0.6 is 0 Å². The zero-order valence-corrected chi connectivity index (χ0v) is 15.8. The predicted octanol–water partition coefficient (Wildman–Crippen LogP) is -1.17. The van der Waals surface area contributed by atoms with Crippen LogP contribution in [0.25, 0.3) is 0 Å². The second-order valence-corrected chi connectivity index (χ2v) is 8.53. The minimum atomic E-state index is -1.54. The third-order valence-electron chi connectivity index (χ3n) is 5.19. The first-order valence-electron chi connectivity index (χ1n) is 9.07. The van der Waals surface area contributed by atoms with E-state index >= 15 is 0 Å². The molecule has 1 aromatic rings. The molecule has 0 aliphatic carbocycles. The first kappa shape index (κ1) is 18.8. The van der Waals surface area contributed by atoms with Crippen LogP contribution in [0.1, 0.15) is 18.4 Å². The maximum absolute atomic E-state index is 12.7. The van der Waals surface area contributed by atoms with E-state index < -0.39 is 40.2 Å². The minimum Gasteiger partial charge on any atom is -0.543 e. The van der Waals surface area contributed by atoms with Crippen molar-refractivity contribution in [3.63, 3.8) is 0 Å². The lowest BCUT2D eigenvalue weighted by Crippen LogP contribution is -2.74. The topological polar surface area (TPSA) is 116 Å². The van der Waals surface area contributed by atoms with Crippen molar-refractivity contribution in [2.24, 2.45) is 0 Å². The number of amides is 2. The molecule has 0 saturated carbocycles. The van der Waals surface area contributed by atoms with Gasteiger partial charge in [-0.2, -0.15) is 0 Å². The fraction of sp³-hybridized carbons (Fsp3) is 0.421. The molecule has 2 amide bonds. The number of hydrogen-bond donors (Lipinski definition) is 1. The molecule has 4 atom stereocenters. The molecule has 2 fully saturated rings. The van der Waals surface area contributed by atoms with E-state index in [-0.39, 0.29) is 23.8 Å². The Kier molecular flexibility index (Phi) is 5.03. The van der Waals surface area contributed by atoms with Crippen LogP contribution in [0.15, 0.2) is 41.6 Å². The Labute approximate surface area is 164 Å². The number of hydrogen-bond acceptors (Lipinski definition) is 6. The minimum absolute atomic E-state index is 0.00647. The lowest BCUT2D eigenvalue weighted by Gasteiger charge is -2.50. The average molecular weight is 403 g/mol. The second-order valence-electron chi connectivity index (χ2n) is 6.99. The molecule has 8 nitrogen and oxygen atoms in total. The van der Waals surface area contributed by atoms with Crippen LogP contribution in [-0.2, 0) is 36.3 Å². The van der Waals surface area contributed by atoms with Gasteiger partial charge in [0, 0.05) is 6.61 Å². The SMILES string of the molecule is O=C(Cc1ccccc1)N[C@@H]1C(=O)N2C(C(=O)[O-])=C(C3CCCO3)CS(=O)[C@H]12. The summed E-state index contributed by atoms with van der Waals surface area (Å²) in [5.74, 6) is -2.47. The molecule has 4 rings (SSSR count). The number of benzene rings is 1. The van der Waals surface area contributed by atoms with Gasteiger partial charge < -0.3 is 20.0 Å². The molecule has 28 heavy (non-hydrogen) atoms. The molecule has 0 radical (unpaired) electrons. The summed E-state index contributed by atoms with van der Waals surface area (Å²) in [6.07, 6.45) is 1.01. The summed E-state index contributed by atoms with van der Waals surface area (Å²) >= 11 is 0. The molecule has 3 aliphatic rings. The Morgan fingerprint density at radius 2 is 2.04 bits per heavy atom. The number of carbonyl (C=O) groups excluding carboxylic acids is 3. The number of nitrogens with zero attached hydrogens (tertiary/aromatic N) is 1. The molecule has 148 valence electrons. The van der Waals surface area contributed by atoms with Crippen LogP contribution in [0, 0.1) is 0 Å².